The van der Waals surface area contributed by atoms with Crippen molar-refractivity contribution in [3.63, 3.8) is 0 Å². The normalized spacial score (nSPS) is 12.1. The number of allylic oxidation sites excluding steroid dienone is 1. The number of aromatic nitrogens is 5. The van der Waals surface area contributed by atoms with Crippen molar-refractivity contribution in [3.8, 4) is 11.1 Å². The maximum absolute atomic E-state index is 14.1. The minimum Gasteiger partial charge on any atom is -0.382 e. The van der Waals surface area contributed by atoms with Gasteiger partial charge in [-0.1, -0.05) is 30.3 Å². The number of nitrogens with zero attached hydrogens (tertiary/aromatic N) is 4. The molecule has 0 saturated carbocycles. The Kier molecular flexibility index (Phi) is 6.86. The fourth-order valence-corrected chi connectivity index (χ4v) is 5.02. The molecule has 2 aromatic carbocycles. The summed E-state index contributed by atoms with van der Waals surface area (Å²) in [5.41, 5.74) is 11.2. The molecule has 38 heavy (non-hydrogen) atoms. The van der Waals surface area contributed by atoms with Crippen LogP contribution in [0.4, 0.5) is 14.6 Å². The van der Waals surface area contributed by atoms with E-state index in [1.54, 1.807) is 30.2 Å². The molecule has 1 atom stereocenters. The third-order valence-electron chi connectivity index (χ3n) is 6.32. The first kappa shape index (κ1) is 25.4. The second kappa shape index (κ2) is 10.3. The Bertz CT molecular complexity index is 1620. The Labute approximate surface area is 223 Å². The lowest BCUT2D eigenvalue weighted by atomic mass is 9.93. The van der Waals surface area contributed by atoms with E-state index in [4.69, 9.17) is 22.3 Å². The van der Waals surface area contributed by atoms with E-state index >= 15 is 0 Å². The van der Waals surface area contributed by atoms with Crippen molar-refractivity contribution < 1.29 is 8.78 Å². The summed E-state index contributed by atoms with van der Waals surface area (Å²) in [7, 11) is 1.80. The first-order valence-corrected chi connectivity index (χ1v) is 12.3. The van der Waals surface area contributed by atoms with E-state index in [2.05, 4.69) is 27.0 Å². The van der Waals surface area contributed by atoms with Crippen molar-refractivity contribution in [3.05, 3.63) is 107 Å². The highest BCUT2D eigenvalue weighted by molar-refractivity contribution is 6.37. The number of anilines is 1. The Morgan fingerprint density at radius 2 is 1.89 bits per heavy atom. The van der Waals surface area contributed by atoms with Crippen LogP contribution in [0.5, 0.6) is 0 Å². The molecule has 5 aromatic rings. The molecule has 0 saturated heterocycles. The standard InChI is InChI=1S/C28H26ClF2N7/c1-15-4-5-20(21-6-7-22(29)25-27(21)38(3)37-28(25)32)26(36-15)23(13-17-11-18(30)14-19(31)12-17)35-16(2)10-24-33-8-9-34-24/h4-9,11-12,14,23,35H,2,10,13H2,1,3H3,(H2,32,37)(H,33,34)/t23-/m0/s1. The van der Waals surface area contributed by atoms with E-state index in [0.29, 0.717) is 39.6 Å². The quantitative estimate of drug-likeness (QED) is 0.234. The SMILES string of the molecule is C=C(Cc1ncc[nH]1)N[C@@H](Cc1cc(F)cc(F)c1)c1nc(C)ccc1-c1ccc(Cl)c2c(N)nn(C)c12. The molecule has 3 aromatic heterocycles. The molecule has 0 radical (unpaired) electrons. The van der Waals surface area contributed by atoms with Crippen molar-refractivity contribution in [1.82, 2.24) is 30.0 Å². The van der Waals surface area contributed by atoms with E-state index in [-0.39, 0.29) is 6.42 Å². The molecule has 0 aliphatic rings. The third-order valence-corrected chi connectivity index (χ3v) is 6.64. The summed E-state index contributed by atoms with van der Waals surface area (Å²) < 4.78 is 29.9. The summed E-state index contributed by atoms with van der Waals surface area (Å²) in [5, 5.41) is 8.96. The predicted octanol–water partition coefficient (Wildman–Crippen LogP) is 5.81. The van der Waals surface area contributed by atoms with Crippen molar-refractivity contribution in [2.75, 3.05) is 5.73 Å². The van der Waals surface area contributed by atoms with Crippen LogP contribution in [-0.4, -0.2) is 24.7 Å². The van der Waals surface area contributed by atoms with Gasteiger partial charge in [0.1, 0.15) is 17.5 Å². The van der Waals surface area contributed by atoms with Crippen LogP contribution in [0.1, 0.15) is 28.8 Å². The van der Waals surface area contributed by atoms with Crippen LogP contribution in [0.15, 0.2) is 67.1 Å². The van der Waals surface area contributed by atoms with E-state index in [0.717, 1.165) is 34.2 Å². The summed E-state index contributed by atoms with van der Waals surface area (Å²) >= 11 is 6.48. The molecule has 4 N–H and O–H groups in total. The summed E-state index contributed by atoms with van der Waals surface area (Å²) in [6.07, 6.45) is 4.09. The molecule has 0 aliphatic carbocycles. The number of pyridine rings is 1. The van der Waals surface area contributed by atoms with Gasteiger partial charge in [0.25, 0.3) is 0 Å². The lowest BCUT2D eigenvalue weighted by Gasteiger charge is -2.24. The van der Waals surface area contributed by atoms with E-state index in [1.807, 2.05) is 25.1 Å². The highest BCUT2D eigenvalue weighted by atomic mass is 35.5. The van der Waals surface area contributed by atoms with Crippen molar-refractivity contribution >= 4 is 28.3 Å². The molecule has 3 heterocycles. The molecular weight excluding hydrogens is 508 g/mol. The first-order valence-electron chi connectivity index (χ1n) is 12.0. The fraction of sp³-hybridized carbons (Fsp3) is 0.179. The van der Waals surface area contributed by atoms with Crippen LogP contribution >= 0.6 is 11.6 Å². The van der Waals surface area contributed by atoms with E-state index in [9.17, 15) is 8.78 Å². The molecule has 7 nitrogen and oxygen atoms in total. The van der Waals surface area contributed by atoms with Gasteiger partial charge in [0.05, 0.1) is 27.7 Å². The number of nitrogens with two attached hydrogens (primary N) is 1. The van der Waals surface area contributed by atoms with Gasteiger partial charge in [-0.15, -0.1) is 0 Å². The summed E-state index contributed by atoms with van der Waals surface area (Å²) in [5.74, 6) is -0.223. The van der Waals surface area contributed by atoms with Gasteiger partial charge in [0.2, 0.25) is 0 Å². The highest BCUT2D eigenvalue weighted by Gasteiger charge is 2.24. The maximum atomic E-state index is 14.1. The molecule has 10 heteroatoms. The number of nitrogen functional groups attached to an aromatic ring is 1. The lowest BCUT2D eigenvalue weighted by Crippen LogP contribution is -2.25. The highest BCUT2D eigenvalue weighted by Crippen LogP contribution is 2.39. The average molecular weight is 534 g/mol. The summed E-state index contributed by atoms with van der Waals surface area (Å²) in [4.78, 5) is 12.2. The summed E-state index contributed by atoms with van der Waals surface area (Å²) in [6.45, 7) is 6.07. The number of aromatic amines is 1. The maximum Gasteiger partial charge on any atom is 0.154 e. The summed E-state index contributed by atoms with van der Waals surface area (Å²) in [6, 6.07) is 10.6. The number of H-pyrrole nitrogens is 1. The van der Waals surface area contributed by atoms with Gasteiger partial charge in [-0.2, -0.15) is 5.10 Å². The van der Waals surface area contributed by atoms with Crippen LogP contribution in [0.2, 0.25) is 5.02 Å². The molecular formula is C28H26ClF2N7. The molecule has 0 bridgehead atoms. The van der Waals surface area contributed by atoms with Crippen LogP contribution in [0, 0.1) is 18.6 Å². The number of nitrogens with one attached hydrogen (secondary N) is 2. The third kappa shape index (κ3) is 5.10. The number of halogens is 3. The molecule has 0 fully saturated rings. The zero-order valence-corrected chi connectivity index (χ0v) is 21.7. The van der Waals surface area contributed by atoms with Gasteiger partial charge in [-0.25, -0.2) is 13.8 Å². The zero-order chi connectivity index (χ0) is 27.0. The van der Waals surface area contributed by atoms with Crippen molar-refractivity contribution in [1.29, 1.82) is 0 Å². The van der Waals surface area contributed by atoms with Crippen LogP contribution in [0.3, 0.4) is 0 Å². The second-order valence-corrected chi connectivity index (χ2v) is 9.61. The second-order valence-electron chi connectivity index (χ2n) is 9.21. The Balaban J connectivity index is 1.64. The number of rotatable bonds is 8. The number of hydrogen-bond donors (Lipinski definition) is 3. The lowest BCUT2D eigenvalue weighted by molar-refractivity contribution is 0.552. The van der Waals surface area contributed by atoms with Gasteiger partial charge in [0.15, 0.2) is 5.82 Å². The van der Waals surface area contributed by atoms with Crippen LogP contribution in [-0.2, 0) is 19.9 Å². The Hall–Kier alpha value is -4.24. The molecule has 194 valence electrons. The van der Waals surface area contributed by atoms with E-state index in [1.165, 1.54) is 12.1 Å². The number of imidazole rings is 1. The number of aryl methyl sites for hydroxylation is 2. The minimum absolute atomic E-state index is 0.250. The average Bonchev–Trinajstić information content (AvgIpc) is 3.46. The predicted molar refractivity (Wildman–Crippen MR) is 145 cm³/mol. The van der Waals surface area contributed by atoms with Crippen molar-refractivity contribution in [2.45, 2.75) is 25.8 Å². The minimum atomic E-state index is -0.643. The van der Waals surface area contributed by atoms with Gasteiger partial charge in [-0.05, 0) is 43.2 Å². The van der Waals surface area contributed by atoms with E-state index < -0.39 is 17.7 Å². The first-order chi connectivity index (χ1) is 18.2. The fourth-order valence-electron chi connectivity index (χ4n) is 4.77. The molecule has 0 spiro atoms. The molecule has 0 unspecified atom stereocenters. The van der Waals surface area contributed by atoms with Crippen molar-refractivity contribution in [2.24, 2.45) is 7.05 Å². The van der Waals surface area contributed by atoms with Gasteiger partial charge < -0.3 is 16.0 Å². The molecule has 0 aliphatic heterocycles. The van der Waals surface area contributed by atoms with Gasteiger partial charge in [-0.3, -0.25) is 9.67 Å². The van der Waals surface area contributed by atoms with Crippen LogP contribution in [0.25, 0.3) is 22.0 Å². The number of fused-ring (bicyclic) bond motifs is 1. The van der Waals surface area contributed by atoms with Gasteiger partial charge in [0, 0.05) is 54.4 Å². The topological polar surface area (TPSA) is 97.4 Å². The van der Waals surface area contributed by atoms with Crippen LogP contribution < -0.4 is 11.1 Å². The Morgan fingerprint density at radius 1 is 1.16 bits per heavy atom. The van der Waals surface area contributed by atoms with Gasteiger partial charge >= 0.3 is 0 Å². The molecule has 0 amide bonds. The Morgan fingerprint density at radius 3 is 2.61 bits per heavy atom. The smallest absolute Gasteiger partial charge is 0.154 e. The largest absolute Gasteiger partial charge is 0.382 e. The zero-order valence-electron chi connectivity index (χ0n) is 20.9. The molecule has 5 rings (SSSR count). The number of hydrogen-bond acceptors (Lipinski definition) is 5. The monoisotopic (exact) mass is 533 g/mol. The number of benzene rings is 2.